The zero-order valence-corrected chi connectivity index (χ0v) is 21.9. The van der Waals surface area contributed by atoms with Crippen molar-refractivity contribution in [2.24, 2.45) is 16.1 Å². The summed E-state index contributed by atoms with van der Waals surface area (Å²) in [5.74, 6) is -0.205. The monoisotopic (exact) mass is 501 g/mol. The van der Waals surface area contributed by atoms with E-state index in [1.165, 1.54) is 11.1 Å². The first-order valence-electron chi connectivity index (χ1n) is 13.1. The van der Waals surface area contributed by atoms with Gasteiger partial charge in [-0.3, -0.25) is 4.79 Å². The first-order valence-corrected chi connectivity index (χ1v) is 13.1. The Bertz CT molecular complexity index is 1680. The summed E-state index contributed by atoms with van der Waals surface area (Å²) in [7, 11) is 0. The molecule has 4 aromatic carbocycles. The summed E-state index contributed by atoms with van der Waals surface area (Å²) in [6.07, 6.45) is 0.779. The number of carbonyl (C=O) groups excluding carboxylic acids is 1. The van der Waals surface area contributed by atoms with E-state index in [4.69, 9.17) is 0 Å². The van der Waals surface area contributed by atoms with Gasteiger partial charge in [-0.15, -0.1) is 10.2 Å². The third kappa shape index (κ3) is 4.38. The molecule has 1 N–H and O–H groups in total. The quantitative estimate of drug-likeness (QED) is 0.246. The number of para-hydroxylation sites is 1. The normalized spacial score (nSPS) is 17.4. The number of hydrogen-bond acceptors (Lipinski definition) is 3. The van der Waals surface area contributed by atoms with Gasteiger partial charge in [-0.05, 0) is 51.3 Å². The molecule has 5 aromatic rings. The molecular formula is C33H31N3O2. The average molecular weight is 502 g/mol. The van der Waals surface area contributed by atoms with Crippen molar-refractivity contribution in [3.05, 3.63) is 108 Å². The fourth-order valence-corrected chi connectivity index (χ4v) is 5.37. The molecule has 0 radical (unpaired) electrons. The van der Waals surface area contributed by atoms with E-state index in [-0.39, 0.29) is 29.0 Å². The number of fused-ring (bicyclic) bond motifs is 2. The van der Waals surface area contributed by atoms with Crippen molar-refractivity contribution in [1.82, 2.24) is 4.57 Å². The van der Waals surface area contributed by atoms with Crippen LogP contribution >= 0.6 is 0 Å². The number of amides is 1. The lowest BCUT2D eigenvalue weighted by atomic mass is 9.86. The van der Waals surface area contributed by atoms with E-state index in [1.54, 1.807) is 0 Å². The highest BCUT2D eigenvalue weighted by molar-refractivity contribution is 5.96. The second-order valence-corrected chi connectivity index (χ2v) is 11.3. The van der Waals surface area contributed by atoms with Gasteiger partial charge in [0.05, 0.1) is 12.1 Å². The first-order chi connectivity index (χ1) is 18.3. The fraction of sp³-hybridized carbons (Fsp3) is 0.242. The highest BCUT2D eigenvalue weighted by atomic mass is 16.3. The van der Waals surface area contributed by atoms with Crippen molar-refractivity contribution in [2.75, 3.05) is 0 Å². The topological polar surface area (TPSA) is 66.9 Å². The van der Waals surface area contributed by atoms with Gasteiger partial charge in [0.25, 0.3) is 5.91 Å². The van der Waals surface area contributed by atoms with Crippen molar-refractivity contribution in [3.8, 4) is 5.88 Å². The molecular weight excluding hydrogens is 470 g/mol. The number of aromatic nitrogens is 1. The van der Waals surface area contributed by atoms with Gasteiger partial charge in [-0.2, -0.15) is 0 Å². The number of aromatic hydroxyl groups is 1. The molecule has 6 rings (SSSR count). The van der Waals surface area contributed by atoms with E-state index in [2.05, 4.69) is 79.5 Å². The Hall–Kier alpha value is -4.25. The van der Waals surface area contributed by atoms with Gasteiger partial charge in [0.1, 0.15) is 0 Å². The van der Waals surface area contributed by atoms with Crippen molar-refractivity contribution in [2.45, 2.75) is 45.1 Å². The summed E-state index contributed by atoms with van der Waals surface area (Å²) in [4.78, 5) is 12.9. The standard InChI is InChI=1S/C33H31N3O2/c1-33(2,3)24-17-15-22(16-18-24)27-19-28(27)31(37)35-34-30-26-13-6-7-14-29(26)36(32(30)38)20-23-11-8-10-21-9-4-5-12-25(21)23/h4-18,27-28,38H,19-20H2,1-3H3/t27-,28-/m0/s1. The molecule has 0 bridgehead atoms. The van der Waals surface area contributed by atoms with E-state index < -0.39 is 0 Å². The van der Waals surface area contributed by atoms with E-state index in [1.807, 2.05) is 47.0 Å². The lowest BCUT2D eigenvalue weighted by molar-refractivity contribution is -0.119. The van der Waals surface area contributed by atoms with Gasteiger partial charge in [-0.25, -0.2) is 0 Å². The SMILES string of the molecule is CC(C)(C)c1ccc([C@@H]2C[C@@H]2C(=O)N=Nc2c(O)n(Cc3cccc4ccccc34)c3ccccc23)cc1. The summed E-state index contributed by atoms with van der Waals surface area (Å²) in [6.45, 7) is 7.06. The molecule has 5 nitrogen and oxygen atoms in total. The Balaban J connectivity index is 1.26. The maximum absolute atomic E-state index is 12.9. The van der Waals surface area contributed by atoms with Gasteiger partial charge in [0.2, 0.25) is 5.88 Å². The number of carbonyl (C=O) groups is 1. The highest BCUT2D eigenvalue weighted by Crippen LogP contribution is 2.49. The predicted octanol–water partition coefficient (Wildman–Crippen LogP) is 8.26. The summed E-state index contributed by atoms with van der Waals surface area (Å²) < 4.78 is 1.84. The van der Waals surface area contributed by atoms with Crippen LogP contribution in [0.1, 0.15) is 49.8 Å². The van der Waals surface area contributed by atoms with E-state index in [0.717, 1.165) is 33.7 Å². The van der Waals surface area contributed by atoms with Crippen LogP contribution in [0.4, 0.5) is 5.69 Å². The second-order valence-electron chi connectivity index (χ2n) is 11.3. The molecule has 38 heavy (non-hydrogen) atoms. The molecule has 1 heterocycles. The number of nitrogens with zero attached hydrogens (tertiary/aromatic N) is 3. The lowest BCUT2D eigenvalue weighted by Crippen LogP contribution is -2.10. The molecule has 2 atom stereocenters. The number of hydrogen-bond donors (Lipinski definition) is 1. The second kappa shape index (κ2) is 9.25. The number of rotatable bonds is 5. The Labute approximate surface area is 222 Å². The first kappa shape index (κ1) is 24.1. The van der Waals surface area contributed by atoms with Crippen LogP contribution in [0, 0.1) is 5.92 Å². The molecule has 1 saturated carbocycles. The summed E-state index contributed by atoms with van der Waals surface area (Å²) in [5, 5.41) is 22.7. The van der Waals surface area contributed by atoms with Crippen molar-refractivity contribution in [1.29, 1.82) is 0 Å². The van der Waals surface area contributed by atoms with Gasteiger partial charge in [0.15, 0.2) is 5.69 Å². The van der Waals surface area contributed by atoms with Crippen LogP contribution in [0.15, 0.2) is 101 Å². The van der Waals surface area contributed by atoms with Gasteiger partial charge in [-0.1, -0.05) is 106 Å². The van der Waals surface area contributed by atoms with Gasteiger partial charge in [0, 0.05) is 11.3 Å². The number of azo groups is 1. The molecule has 1 aliphatic rings. The fourth-order valence-electron chi connectivity index (χ4n) is 5.37. The molecule has 0 spiro atoms. The minimum atomic E-state index is -0.236. The Morgan fingerprint density at radius 3 is 2.34 bits per heavy atom. The average Bonchev–Trinajstić information content (AvgIpc) is 3.68. The van der Waals surface area contributed by atoms with Crippen LogP contribution in [-0.2, 0) is 16.8 Å². The van der Waals surface area contributed by atoms with Crippen LogP contribution in [0.2, 0.25) is 0 Å². The minimum absolute atomic E-state index is 0.0146. The Morgan fingerprint density at radius 1 is 0.895 bits per heavy atom. The summed E-state index contributed by atoms with van der Waals surface area (Å²) in [6, 6.07) is 30.7. The Morgan fingerprint density at radius 2 is 1.58 bits per heavy atom. The van der Waals surface area contributed by atoms with E-state index in [0.29, 0.717) is 12.2 Å². The molecule has 190 valence electrons. The van der Waals surface area contributed by atoms with Crippen molar-refractivity contribution in [3.63, 3.8) is 0 Å². The van der Waals surface area contributed by atoms with Crippen molar-refractivity contribution < 1.29 is 9.90 Å². The maximum atomic E-state index is 12.9. The lowest BCUT2D eigenvalue weighted by Gasteiger charge is -2.19. The van der Waals surface area contributed by atoms with Crippen molar-refractivity contribution >= 4 is 33.3 Å². The van der Waals surface area contributed by atoms with Crippen LogP contribution in [0.3, 0.4) is 0 Å². The van der Waals surface area contributed by atoms with Crippen LogP contribution in [-0.4, -0.2) is 15.6 Å². The van der Waals surface area contributed by atoms with Gasteiger partial charge >= 0.3 is 0 Å². The molecule has 0 saturated heterocycles. The Kier molecular flexibility index (Phi) is 5.87. The molecule has 1 aliphatic carbocycles. The molecule has 1 amide bonds. The molecule has 5 heteroatoms. The molecule has 1 aromatic heterocycles. The zero-order valence-electron chi connectivity index (χ0n) is 21.9. The smallest absolute Gasteiger partial charge is 0.268 e. The third-order valence-electron chi connectivity index (χ3n) is 7.69. The molecule has 0 aliphatic heterocycles. The van der Waals surface area contributed by atoms with Gasteiger partial charge < -0.3 is 9.67 Å². The summed E-state index contributed by atoms with van der Waals surface area (Å²) >= 11 is 0. The zero-order chi connectivity index (χ0) is 26.4. The minimum Gasteiger partial charge on any atom is -0.493 e. The maximum Gasteiger partial charge on any atom is 0.268 e. The van der Waals surface area contributed by atoms with Crippen LogP contribution < -0.4 is 0 Å². The number of benzene rings is 4. The summed E-state index contributed by atoms with van der Waals surface area (Å²) in [5.41, 5.74) is 4.82. The van der Waals surface area contributed by atoms with E-state index >= 15 is 0 Å². The third-order valence-corrected chi connectivity index (χ3v) is 7.69. The van der Waals surface area contributed by atoms with Crippen LogP contribution in [0.5, 0.6) is 5.88 Å². The highest BCUT2D eigenvalue weighted by Gasteiger charge is 2.44. The largest absolute Gasteiger partial charge is 0.493 e. The predicted molar refractivity (Wildman–Crippen MR) is 152 cm³/mol. The molecule has 1 fully saturated rings. The molecule has 0 unspecified atom stereocenters. The van der Waals surface area contributed by atoms with E-state index in [9.17, 15) is 9.90 Å². The van der Waals surface area contributed by atoms with Crippen LogP contribution in [0.25, 0.3) is 21.7 Å².